The summed E-state index contributed by atoms with van der Waals surface area (Å²) in [5, 5.41) is 3.34. The minimum atomic E-state index is -0.371. The van der Waals surface area contributed by atoms with Crippen molar-refractivity contribution in [1.82, 2.24) is 14.7 Å². The molecule has 1 aliphatic heterocycles. The van der Waals surface area contributed by atoms with Crippen molar-refractivity contribution >= 4 is 11.5 Å². The van der Waals surface area contributed by atoms with Gasteiger partial charge in [0, 0.05) is 12.1 Å². The maximum atomic E-state index is 11.8. The molecule has 5 heteroatoms. The molecule has 0 unspecified atom stereocenters. The molecule has 3 heterocycles. The molecule has 0 spiro atoms. The minimum absolute atomic E-state index is 0.371. The Kier molecular flexibility index (Phi) is 3.21. The molecule has 0 atom stereocenters. The summed E-state index contributed by atoms with van der Waals surface area (Å²) in [6.07, 6.45) is 4.06. The normalized spacial score (nSPS) is 16.7. The number of imidazole rings is 1. The summed E-state index contributed by atoms with van der Waals surface area (Å²) in [4.78, 5) is 16.4. The Bertz CT molecular complexity index is 600. The number of hydrogen-bond acceptors (Lipinski definition) is 4. The summed E-state index contributed by atoms with van der Waals surface area (Å²) in [7, 11) is 1.39. The fraction of sp³-hybridized carbons (Fsp3) is 0.429. The van der Waals surface area contributed by atoms with E-state index in [0.717, 1.165) is 37.3 Å². The minimum Gasteiger partial charge on any atom is -0.464 e. The van der Waals surface area contributed by atoms with Crippen LogP contribution in [0.1, 0.15) is 35.1 Å². The lowest BCUT2D eigenvalue weighted by atomic mass is 9.97. The predicted molar refractivity (Wildman–Crippen MR) is 71.4 cm³/mol. The average molecular weight is 259 g/mol. The van der Waals surface area contributed by atoms with Gasteiger partial charge in [0.05, 0.1) is 12.6 Å². The first-order valence-corrected chi connectivity index (χ1v) is 6.57. The van der Waals surface area contributed by atoms with Crippen molar-refractivity contribution in [3.63, 3.8) is 0 Å². The van der Waals surface area contributed by atoms with Crippen LogP contribution in [-0.2, 0) is 4.74 Å². The standard InChI is InChI=1S/C14H17N3O2/c1-19-14(18)12-11-4-2-3-9-17(11)13(16-12)10-5-7-15-8-6-10/h2-4,9-10,15H,5-8H2,1H3. The smallest absolute Gasteiger partial charge is 0.358 e. The molecule has 0 aliphatic carbocycles. The summed E-state index contributed by atoms with van der Waals surface area (Å²) in [6.45, 7) is 2.00. The van der Waals surface area contributed by atoms with Crippen LogP contribution in [0.15, 0.2) is 24.4 Å². The SMILES string of the molecule is COC(=O)c1nc(C2CCNCC2)n2ccccc12. The summed E-state index contributed by atoms with van der Waals surface area (Å²) < 4.78 is 6.83. The third-order valence-corrected chi connectivity index (χ3v) is 3.66. The van der Waals surface area contributed by atoms with Crippen LogP contribution in [0.25, 0.3) is 5.52 Å². The summed E-state index contributed by atoms with van der Waals surface area (Å²) in [6, 6.07) is 5.78. The number of carbonyl (C=O) groups is 1. The highest BCUT2D eigenvalue weighted by Crippen LogP contribution is 2.26. The van der Waals surface area contributed by atoms with Crippen molar-refractivity contribution in [1.29, 1.82) is 0 Å². The van der Waals surface area contributed by atoms with Crippen molar-refractivity contribution in [3.05, 3.63) is 35.9 Å². The van der Waals surface area contributed by atoms with Crippen LogP contribution < -0.4 is 5.32 Å². The fourth-order valence-corrected chi connectivity index (χ4v) is 2.68. The van der Waals surface area contributed by atoms with Gasteiger partial charge in [0.1, 0.15) is 5.82 Å². The van der Waals surface area contributed by atoms with Gasteiger partial charge in [0.25, 0.3) is 0 Å². The molecule has 5 nitrogen and oxygen atoms in total. The lowest BCUT2D eigenvalue weighted by Gasteiger charge is -2.21. The number of carbonyl (C=O) groups excluding carboxylic acids is 1. The monoisotopic (exact) mass is 259 g/mol. The van der Waals surface area contributed by atoms with E-state index >= 15 is 0 Å². The fourth-order valence-electron chi connectivity index (χ4n) is 2.68. The molecular weight excluding hydrogens is 242 g/mol. The first kappa shape index (κ1) is 12.2. The van der Waals surface area contributed by atoms with Crippen LogP contribution in [0.2, 0.25) is 0 Å². The molecule has 1 aliphatic rings. The molecule has 0 radical (unpaired) electrons. The van der Waals surface area contributed by atoms with Gasteiger partial charge in [-0.3, -0.25) is 0 Å². The van der Waals surface area contributed by atoms with Crippen LogP contribution in [0.5, 0.6) is 0 Å². The van der Waals surface area contributed by atoms with Crippen LogP contribution in [0, 0.1) is 0 Å². The van der Waals surface area contributed by atoms with Crippen LogP contribution in [-0.4, -0.2) is 35.6 Å². The Balaban J connectivity index is 2.11. The van der Waals surface area contributed by atoms with E-state index in [1.165, 1.54) is 7.11 Å². The van der Waals surface area contributed by atoms with Crippen molar-refractivity contribution < 1.29 is 9.53 Å². The van der Waals surface area contributed by atoms with Crippen LogP contribution >= 0.6 is 0 Å². The molecule has 100 valence electrons. The summed E-state index contributed by atoms with van der Waals surface area (Å²) in [5.74, 6) is 0.996. The molecule has 1 N–H and O–H groups in total. The highest BCUT2D eigenvalue weighted by Gasteiger charge is 2.24. The van der Waals surface area contributed by atoms with E-state index in [4.69, 9.17) is 4.74 Å². The number of ether oxygens (including phenoxy) is 1. The predicted octanol–water partition coefficient (Wildman–Crippen LogP) is 1.59. The van der Waals surface area contributed by atoms with Crippen LogP contribution in [0.4, 0.5) is 0 Å². The maximum absolute atomic E-state index is 11.8. The highest BCUT2D eigenvalue weighted by molar-refractivity contribution is 5.95. The molecule has 0 bridgehead atoms. The second-order valence-corrected chi connectivity index (χ2v) is 4.79. The van der Waals surface area contributed by atoms with E-state index in [2.05, 4.69) is 10.3 Å². The van der Waals surface area contributed by atoms with Gasteiger partial charge in [0.15, 0.2) is 5.69 Å². The first-order valence-electron chi connectivity index (χ1n) is 6.57. The van der Waals surface area contributed by atoms with Crippen LogP contribution in [0.3, 0.4) is 0 Å². The molecule has 3 rings (SSSR count). The van der Waals surface area contributed by atoms with Gasteiger partial charge in [0.2, 0.25) is 0 Å². The number of esters is 1. The molecule has 2 aromatic rings. The number of nitrogens with one attached hydrogen (secondary N) is 1. The first-order chi connectivity index (χ1) is 9.31. The van der Waals surface area contributed by atoms with E-state index in [9.17, 15) is 4.79 Å². The zero-order chi connectivity index (χ0) is 13.2. The van der Waals surface area contributed by atoms with Gasteiger partial charge in [-0.2, -0.15) is 0 Å². The molecule has 1 fully saturated rings. The molecule has 0 amide bonds. The number of pyridine rings is 1. The van der Waals surface area contributed by atoms with Crippen molar-refractivity contribution in [2.45, 2.75) is 18.8 Å². The Hall–Kier alpha value is -1.88. The quantitative estimate of drug-likeness (QED) is 0.832. The molecule has 0 saturated carbocycles. The lowest BCUT2D eigenvalue weighted by molar-refractivity contribution is 0.0596. The molecule has 0 aromatic carbocycles. The number of hydrogen-bond donors (Lipinski definition) is 1. The van der Waals surface area contributed by atoms with E-state index < -0.39 is 0 Å². The van der Waals surface area contributed by atoms with Gasteiger partial charge in [-0.25, -0.2) is 9.78 Å². The number of methoxy groups -OCH3 is 1. The lowest BCUT2D eigenvalue weighted by Crippen LogP contribution is -2.27. The average Bonchev–Trinajstić information content (AvgIpc) is 2.87. The number of nitrogens with zero attached hydrogens (tertiary/aromatic N) is 2. The Morgan fingerprint density at radius 2 is 2.21 bits per heavy atom. The van der Waals surface area contributed by atoms with Gasteiger partial charge < -0.3 is 14.5 Å². The molecule has 1 saturated heterocycles. The number of piperidine rings is 1. The Morgan fingerprint density at radius 1 is 1.42 bits per heavy atom. The Labute approximate surface area is 111 Å². The maximum Gasteiger partial charge on any atom is 0.358 e. The molecule has 19 heavy (non-hydrogen) atoms. The van der Waals surface area contributed by atoms with Gasteiger partial charge >= 0.3 is 5.97 Å². The molecular formula is C14H17N3O2. The third kappa shape index (κ3) is 2.10. The second kappa shape index (κ2) is 5.01. The van der Waals surface area contributed by atoms with E-state index in [1.54, 1.807) is 0 Å². The summed E-state index contributed by atoms with van der Waals surface area (Å²) >= 11 is 0. The van der Waals surface area contributed by atoms with Gasteiger partial charge in [-0.05, 0) is 38.1 Å². The van der Waals surface area contributed by atoms with E-state index in [0.29, 0.717) is 11.6 Å². The Morgan fingerprint density at radius 3 is 2.95 bits per heavy atom. The second-order valence-electron chi connectivity index (χ2n) is 4.79. The zero-order valence-electron chi connectivity index (χ0n) is 10.9. The zero-order valence-corrected chi connectivity index (χ0v) is 10.9. The molecule has 2 aromatic heterocycles. The number of aromatic nitrogens is 2. The van der Waals surface area contributed by atoms with E-state index in [-0.39, 0.29) is 5.97 Å². The number of rotatable bonds is 2. The van der Waals surface area contributed by atoms with Gasteiger partial charge in [-0.1, -0.05) is 6.07 Å². The van der Waals surface area contributed by atoms with Crippen molar-refractivity contribution in [2.24, 2.45) is 0 Å². The number of fused-ring (bicyclic) bond motifs is 1. The highest BCUT2D eigenvalue weighted by atomic mass is 16.5. The largest absolute Gasteiger partial charge is 0.464 e. The van der Waals surface area contributed by atoms with Crippen molar-refractivity contribution in [3.8, 4) is 0 Å². The summed E-state index contributed by atoms with van der Waals surface area (Å²) in [5.41, 5.74) is 1.24. The topological polar surface area (TPSA) is 55.6 Å². The van der Waals surface area contributed by atoms with E-state index in [1.807, 2.05) is 28.8 Å². The van der Waals surface area contributed by atoms with Crippen molar-refractivity contribution in [2.75, 3.05) is 20.2 Å². The van der Waals surface area contributed by atoms with Gasteiger partial charge in [-0.15, -0.1) is 0 Å². The third-order valence-electron chi connectivity index (χ3n) is 3.66.